The van der Waals surface area contributed by atoms with Crippen LogP contribution in [-0.4, -0.2) is 25.4 Å². The van der Waals surface area contributed by atoms with E-state index in [0.29, 0.717) is 0 Å². The summed E-state index contributed by atoms with van der Waals surface area (Å²) < 4.78 is 14.3. The first kappa shape index (κ1) is 75.5. The number of para-hydroxylation sites is 3. The normalized spacial score (nSPS) is 13.1. The highest BCUT2D eigenvalue weighted by Crippen LogP contribution is 2.53. The van der Waals surface area contributed by atoms with Gasteiger partial charge in [-0.25, -0.2) is 4.98 Å². The molecule has 602 valence electrons. The Bertz CT molecular complexity index is 7830. The zero-order valence-electron chi connectivity index (χ0n) is 72.7. The van der Waals surface area contributed by atoms with Gasteiger partial charge in [0.2, 0.25) is 0 Å². The van der Waals surface area contributed by atoms with Crippen LogP contribution in [0.15, 0.2) is 362 Å². The molecule has 2 aliphatic heterocycles. The van der Waals surface area contributed by atoms with Gasteiger partial charge in [0.05, 0.1) is 50.2 Å². The predicted molar refractivity (Wildman–Crippen MR) is 531 cm³/mol. The van der Waals surface area contributed by atoms with E-state index in [0.717, 1.165) is 178 Å². The molecule has 5 aromatic heterocycles. The van der Waals surface area contributed by atoms with Crippen molar-refractivity contribution in [2.24, 2.45) is 0 Å². The van der Waals surface area contributed by atoms with Gasteiger partial charge in [0.25, 0.3) is 6.71 Å². The molecule has 0 spiro atoms. The number of anilines is 6. The van der Waals surface area contributed by atoms with Crippen molar-refractivity contribution in [3.05, 3.63) is 380 Å². The van der Waals surface area contributed by atoms with Crippen molar-refractivity contribution in [1.29, 1.82) is 0 Å². The first-order valence-electron chi connectivity index (χ1n) is 44.1. The number of nitrogens with zero attached hydrogens (tertiary/aromatic N) is 6. The zero-order valence-corrected chi connectivity index (χ0v) is 72.7. The average molecular weight is 1610 g/mol. The number of aromatic nitrogens is 4. The maximum Gasteiger partial charge on any atom is 0.252 e. The number of hydrogen-bond acceptors (Lipinski definition) is 4. The molecule has 0 atom stereocenters. The van der Waals surface area contributed by atoms with Crippen LogP contribution in [0.4, 0.5) is 34.1 Å². The second-order valence-corrected chi connectivity index (χ2v) is 38.7. The summed E-state index contributed by atoms with van der Waals surface area (Å²) in [5, 5.41) is 9.29. The van der Waals surface area contributed by atoms with Crippen molar-refractivity contribution in [1.82, 2.24) is 18.7 Å². The van der Waals surface area contributed by atoms with Gasteiger partial charge < -0.3 is 23.4 Å². The molecule has 0 bridgehead atoms. The minimum atomic E-state index is -0.333. The molecule has 0 radical (unpaired) electrons. The number of fused-ring (bicyclic) bond motifs is 17. The third-order valence-corrected chi connectivity index (χ3v) is 26.8. The summed E-state index contributed by atoms with van der Waals surface area (Å²) in [5.41, 5.74) is 35.8. The van der Waals surface area contributed by atoms with Crippen molar-refractivity contribution >= 4 is 145 Å². The van der Waals surface area contributed by atoms with E-state index in [1.807, 2.05) is 0 Å². The molecule has 0 aliphatic carbocycles. The molecule has 21 aromatic rings. The summed E-state index contributed by atoms with van der Waals surface area (Å²) in [4.78, 5) is 11.6. The fourth-order valence-electron chi connectivity index (χ4n) is 20.3. The molecular formula is C117H95BN6O. The third-order valence-electron chi connectivity index (χ3n) is 26.8. The molecule has 0 saturated carbocycles. The van der Waals surface area contributed by atoms with Crippen molar-refractivity contribution in [3.8, 4) is 73.0 Å². The second kappa shape index (κ2) is 28.0. The minimum Gasteiger partial charge on any atom is -0.456 e. The molecule has 0 saturated heterocycles. The predicted octanol–water partition coefficient (Wildman–Crippen LogP) is 29.9. The SMILES string of the molecule is CC(C)(C)c1cc2c3c(c1)N(c1ccc(-c4ccccc4)cc1-c1ccccc1)c1ccc(-c4cc(-n5c6cc(C(C)(C)C)ccc6c6ccc(C(C)(C)C)cc65)cc(-n5c6cc(C(C)(C)C)ccc6c6c7c(ccc65)oc5ccccc57)n4)cc1B3c1ccc(-n3c4ccccc4c4ccccc43)cc1N2c1cc(-c2ccccc2)cc(-c2ccccc2)c1. The van der Waals surface area contributed by atoms with Crippen LogP contribution in [0.1, 0.15) is 105 Å². The standard InChI is InChI=1S/C117H95BN6O/c1-114(2,3)80-47-51-89-90-52-48-81(115(4,5)6)65-103(90)121(102(89)64-80)86-69-96(119-110(71-86)124-101-57-58-109-112(92-41-27-30-44-108(92)125-109)111(101)91-53-49-82(66-104(91)124)116(7,8)9)77-46-56-100-95(63-77)118-94-54-50-84(120-97-42-28-25-39-87(97)88-40-26-29-43-98(88)120)70-105(94)122(85-60-78(73-33-19-14-20-34-73)59-79(61-85)74-35-21-15-22-36-74)106-67-83(117(10,11)12)68-107(113(106)118)123(100)99-55-45-76(72-31-17-13-18-32-72)62-93(99)75-37-23-16-24-38-75/h13-71H,1-12H3. The summed E-state index contributed by atoms with van der Waals surface area (Å²) in [6.45, 7) is 27.8. The lowest BCUT2D eigenvalue weighted by Gasteiger charge is -2.45. The summed E-state index contributed by atoms with van der Waals surface area (Å²) in [7, 11) is 0. The average Bonchev–Trinajstić information content (AvgIpc) is 1.23. The molecule has 7 nitrogen and oxygen atoms in total. The highest BCUT2D eigenvalue weighted by Gasteiger charge is 2.46. The molecule has 8 heteroatoms. The summed E-state index contributed by atoms with van der Waals surface area (Å²) in [6, 6.07) is 135. The van der Waals surface area contributed by atoms with Gasteiger partial charge in [-0.3, -0.25) is 4.57 Å². The van der Waals surface area contributed by atoms with Gasteiger partial charge in [0.15, 0.2) is 0 Å². The second-order valence-electron chi connectivity index (χ2n) is 38.7. The van der Waals surface area contributed by atoms with Crippen molar-refractivity contribution < 1.29 is 4.42 Å². The quantitative estimate of drug-likeness (QED) is 0.128. The number of hydrogen-bond donors (Lipinski definition) is 0. The maximum atomic E-state index is 6.81. The highest BCUT2D eigenvalue weighted by atomic mass is 16.3. The topological polar surface area (TPSA) is 47.3 Å². The first-order valence-corrected chi connectivity index (χ1v) is 44.1. The van der Waals surface area contributed by atoms with Gasteiger partial charge in [0, 0.05) is 88.8 Å². The fourth-order valence-corrected chi connectivity index (χ4v) is 20.3. The van der Waals surface area contributed by atoms with E-state index in [2.05, 4.69) is 465 Å². The number of rotatable bonds is 10. The maximum absolute atomic E-state index is 6.81. The van der Waals surface area contributed by atoms with Gasteiger partial charge in [-0.2, -0.15) is 0 Å². The Hall–Kier alpha value is -14.5. The third kappa shape index (κ3) is 12.3. The number of benzene rings is 16. The Morgan fingerprint density at radius 3 is 1.32 bits per heavy atom. The lowest BCUT2D eigenvalue weighted by molar-refractivity contribution is 0.590. The molecule has 0 N–H and O–H groups in total. The molecule has 0 fully saturated rings. The molecule has 7 heterocycles. The lowest BCUT2D eigenvalue weighted by Crippen LogP contribution is -2.61. The summed E-state index contributed by atoms with van der Waals surface area (Å²) in [6.07, 6.45) is 0. The smallest absolute Gasteiger partial charge is 0.252 e. The van der Waals surface area contributed by atoms with E-state index in [1.54, 1.807) is 0 Å². The Morgan fingerprint density at radius 1 is 0.248 bits per heavy atom. The Morgan fingerprint density at radius 2 is 0.736 bits per heavy atom. The van der Waals surface area contributed by atoms with Gasteiger partial charge >= 0.3 is 0 Å². The van der Waals surface area contributed by atoms with Crippen molar-refractivity contribution in [2.45, 2.75) is 105 Å². The van der Waals surface area contributed by atoms with Crippen molar-refractivity contribution in [2.75, 3.05) is 9.80 Å². The lowest BCUT2D eigenvalue weighted by atomic mass is 9.33. The van der Waals surface area contributed by atoms with Crippen LogP contribution >= 0.6 is 0 Å². The molecule has 23 rings (SSSR count). The van der Waals surface area contributed by atoms with Gasteiger partial charge in [-0.1, -0.05) is 320 Å². The highest BCUT2D eigenvalue weighted by molar-refractivity contribution is 7.00. The van der Waals surface area contributed by atoms with Crippen LogP contribution in [0.2, 0.25) is 0 Å². The van der Waals surface area contributed by atoms with E-state index in [-0.39, 0.29) is 28.4 Å². The van der Waals surface area contributed by atoms with E-state index in [9.17, 15) is 0 Å². The Balaban J connectivity index is 0.860. The number of furan rings is 1. The van der Waals surface area contributed by atoms with Crippen LogP contribution in [0, 0.1) is 0 Å². The van der Waals surface area contributed by atoms with Crippen LogP contribution in [0.3, 0.4) is 0 Å². The minimum absolute atomic E-state index is 0.148. The molecule has 0 unspecified atom stereocenters. The van der Waals surface area contributed by atoms with Crippen LogP contribution in [0.5, 0.6) is 0 Å². The van der Waals surface area contributed by atoms with Gasteiger partial charge in [-0.15, -0.1) is 0 Å². The van der Waals surface area contributed by atoms with E-state index >= 15 is 0 Å². The first-order chi connectivity index (χ1) is 60.5. The van der Waals surface area contributed by atoms with E-state index in [1.165, 1.54) is 54.7 Å². The molecule has 16 aromatic carbocycles. The molecule has 0 amide bonds. The van der Waals surface area contributed by atoms with Gasteiger partial charge in [0.1, 0.15) is 17.0 Å². The van der Waals surface area contributed by atoms with E-state index < -0.39 is 0 Å². The molecule has 125 heavy (non-hydrogen) atoms. The van der Waals surface area contributed by atoms with Crippen LogP contribution in [0.25, 0.3) is 160 Å². The van der Waals surface area contributed by atoms with Crippen LogP contribution in [-0.2, 0) is 21.7 Å². The number of pyridine rings is 1. The molecular weight excluding hydrogens is 1520 g/mol. The summed E-state index contributed by atoms with van der Waals surface area (Å²) >= 11 is 0. The zero-order chi connectivity index (χ0) is 84.8. The van der Waals surface area contributed by atoms with Gasteiger partial charge in [-0.05, 0) is 220 Å². The monoisotopic (exact) mass is 1610 g/mol. The summed E-state index contributed by atoms with van der Waals surface area (Å²) in [5.74, 6) is 0.807. The fraction of sp³-hybridized carbons (Fsp3) is 0.137. The van der Waals surface area contributed by atoms with Crippen LogP contribution < -0.4 is 26.2 Å². The Kier molecular flexibility index (Phi) is 16.9. The Labute approximate surface area is 730 Å². The van der Waals surface area contributed by atoms with E-state index in [4.69, 9.17) is 9.40 Å². The largest absolute Gasteiger partial charge is 0.456 e. The molecule has 2 aliphatic rings. The van der Waals surface area contributed by atoms with Crippen molar-refractivity contribution in [3.63, 3.8) is 0 Å².